The van der Waals surface area contributed by atoms with Crippen LogP contribution in [0.4, 0.5) is 10.1 Å². The molecule has 3 aromatic heterocycles. The number of nitrogens with zero attached hydrogens (tertiary/aromatic N) is 6. The summed E-state index contributed by atoms with van der Waals surface area (Å²) < 4.78 is 29.5. The Morgan fingerprint density at radius 1 is 1.19 bits per heavy atom. The number of hydrogen-bond donors (Lipinski definition) is 2. The molecule has 4 aromatic rings. The number of aromatic nitrogens is 3. The summed E-state index contributed by atoms with van der Waals surface area (Å²) in [5.74, 6) is -2.09. The molecule has 1 saturated heterocycles. The Morgan fingerprint density at radius 2 is 1.95 bits per heavy atom. The largest absolute Gasteiger partial charge is 0.464 e. The third-order valence-electron chi connectivity index (χ3n) is 12.3. The van der Waals surface area contributed by atoms with Crippen molar-refractivity contribution in [3.05, 3.63) is 64.0 Å². The van der Waals surface area contributed by atoms with Crippen molar-refractivity contribution in [1.29, 1.82) is 0 Å². The van der Waals surface area contributed by atoms with Crippen LogP contribution in [0.1, 0.15) is 63.4 Å². The number of carbonyl (C=O) groups excluding carboxylic acids is 3. The molecule has 1 saturated carbocycles. The standard InChI is InChI=1S/C44H55FN8O5S/c1-8-52-37-10-9-27-16-31(37)33(40(52)32-18-29(21-46-39(32)26(3)57-7)51-13-11-50(6)12-14-51)20-44(4,5)24-58-43(56)35-17-28(45)22-53(49-35)42(55)34(19-38-47-36(27)23-59-38)48-41(54)30-15-25(30)2/h9-10,16-18,21,23,25-26,30,34-35,49H,8,11-15,19-20,22,24H2,1-7H3,(H,48,54)/t25-,26-,30-,34-,35-/m0/s1. The Balaban J connectivity index is 1.27. The first kappa shape index (κ1) is 41.1. The molecule has 1 aliphatic carbocycles. The van der Waals surface area contributed by atoms with Crippen molar-refractivity contribution in [2.45, 2.75) is 78.6 Å². The molecule has 15 heteroatoms. The fourth-order valence-electron chi connectivity index (χ4n) is 8.58. The van der Waals surface area contributed by atoms with Gasteiger partial charge in [0.05, 0.1) is 53.2 Å². The number of hydrogen-bond acceptors (Lipinski definition) is 11. The third-order valence-corrected chi connectivity index (χ3v) is 13.1. The van der Waals surface area contributed by atoms with Crippen molar-refractivity contribution in [2.24, 2.45) is 17.3 Å². The molecule has 0 spiro atoms. The van der Waals surface area contributed by atoms with Crippen LogP contribution in [-0.2, 0) is 43.2 Å². The number of esters is 1. The third kappa shape index (κ3) is 8.39. The van der Waals surface area contributed by atoms with Gasteiger partial charge in [0.2, 0.25) is 5.91 Å². The second-order valence-electron chi connectivity index (χ2n) is 17.4. The molecule has 5 atom stereocenters. The highest BCUT2D eigenvalue weighted by Crippen LogP contribution is 2.43. The summed E-state index contributed by atoms with van der Waals surface area (Å²) in [5, 5.41) is 7.67. The highest BCUT2D eigenvalue weighted by Gasteiger charge is 2.42. The van der Waals surface area contributed by atoms with E-state index in [-0.39, 0.29) is 36.9 Å². The van der Waals surface area contributed by atoms with Crippen LogP contribution < -0.4 is 15.6 Å². The minimum absolute atomic E-state index is 0.0277. The van der Waals surface area contributed by atoms with Crippen molar-refractivity contribution < 1.29 is 28.2 Å². The van der Waals surface area contributed by atoms with Gasteiger partial charge in [-0.15, -0.1) is 11.3 Å². The predicted molar refractivity (Wildman–Crippen MR) is 226 cm³/mol. The summed E-state index contributed by atoms with van der Waals surface area (Å²) in [4.78, 5) is 55.8. The van der Waals surface area contributed by atoms with Crippen LogP contribution in [0.25, 0.3) is 33.4 Å². The van der Waals surface area contributed by atoms with Gasteiger partial charge in [-0.1, -0.05) is 26.8 Å². The Labute approximate surface area is 348 Å². The first-order valence-corrected chi connectivity index (χ1v) is 21.6. The van der Waals surface area contributed by atoms with Crippen molar-refractivity contribution in [3.63, 3.8) is 0 Å². The fraction of sp³-hybridized carbons (Fsp3) is 0.523. The monoisotopic (exact) mass is 826 g/mol. The molecule has 59 heavy (non-hydrogen) atoms. The number of anilines is 1. The number of likely N-dealkylation sites (N-methyl/N-ethyl adjacent to an activating group) is 1. The van der Waals surface area contributed by atoms with Crippen molar-refractivity contribution in [1.82, 2.24) is 35.2 Å². The lowest BCUT2D eigenvalue weighted by Gasteiger charge is -2.34. The average Bonchev–Trinajstić information content (AvgIpc) is 3.65. The zero-order valence-electron chi connectivity index (χ0n) is 35.0. The SMILES string of the molecule is CCn1c(-c2cc(N3CCN(C)CC3)cnc2[C@H](C)OC)c2c3cc(ccc31)-c1csc(n1)C[C@H](NC(=O)[C@H]1C[C@@H]1C)C(=O)N1CC(F)=C[C@H](N1)C(=O)OCC(C)(C)C2. The van der Waals surface area contributed by atoms with E-state index in [1.165, 1.54) is 11.3 Å². The lowest BCUT2D eigenvalue weighted by atomic mass is 9.84. The van der Waals surface area contributed by atoms with Crippen LogP contribution in [-0.4, -0.2) is 108 Å². The Kier molecular flexibility index (Phi) is 11.4. The van der Waals surface area contributed by atoms with Crippen LogP contribution >= 0.6 is 11.3 Å². The molecule has 2 amide bonds. The van der Waals surface area contributed by atoms with E-state index in [9.17, 15) is 14.4 Å². The number of pyridine rings is 1. The van der Waals surface area contributed by atoms with Crippen molar-refractivity contribution in [3.8, 4) is 22.5 Å². The summed E-state index contributed by atoms with van der Waals surface area (Å²) in [6.07, 6.45) is 4.19. The molecular weight excluding hydrogens is 772 g/mol. The molecule has 2 fully saturated rings. The number of carbonyl (C=O) groups is 3. The number of thiazole rings is 1. The number of rotatable bonds is 7. The molecule has 13 nitrogen and oxygen atoms in total. The highest BCUT2D eigenvalue weighted by molar-refractivity contribution is 7.10. The average molecular weight is 827 g/mol. The summed E-state index contributed by atoms with van der Waals surface area (Å²) in [6, 6.07) is 6.40. The van der Waals surface area contributed by atoms with Gasteiger partial charge in [-0.25, -0.2) is 19.6 Å². The second-order valence-corrected chi connectivity index (χ2v) is 18.3. The molecule has 6 bridgehead atoms. The number of nitrogens with one attached hydrogen (secondary N) is 2. The summed E-state index contributed by atoms with van der Waals surface area (Å²) in [6.45, 7) is 14.3. The molecule has 0 radical (unpaired) electrons. The number of ether oxygens (including phenoxy) is 2. The fourth-order valence-corrected chi connectivity index (χ4v) is 9.43. The molecule has 6 heterocycles. The number of aryl methyl sites for hydroxylation is 1. The smallest absolute Gasteiger partial charge is 0.329 e. The van der Waals surface area contributed by atoms with Gasteiger partial charge in [0, 0.05) is 85.0 Å². The molecule has 8 rings (SSSR count). The van der Waals surface area contributed by atoms with Gasteiger partial charge in [-0.05, 0) is 69.5 Å². The minimum atomic E-state index is -1.24. The summed E-state index contributed by atoms with van der Waals surface area (Å²) in [7, 11) is 3.85. The lowest BCUT2D eigenvalue weighted by Crippen LogP contribution is -2.59. The number of piperazine rings is 1. The van der Waals surface area contributed by atoms with E-state index in [0.29, 0.717) is 18.0 Å². The number of methoxy groups -OCH3 is 1. The van der Waals surface area contributed by atoms with Gasteiger partial charge in [0.15, 0.2) is 0 Å². The Hall–Kier alpha value is -4.70. The molecule has 2 N–H and O–H groups in total. The van der Waals surface area contributed by atoms with Crippen molar-refractivity contribution in [2.75, 3.05) is 58.4 Å². The number of benzene rings is 1. The maximum atomic E-state index is 15.3. The van der Waals surface area contributed by atoms with Gasteiger partial charge < -0.3 is 29.2 Å². The molecule has 314 valence electrons. The topological polar surface area (TPSA) is 134 Å². The highest BCUT2D eigenvalue weighted by atomic mass is 32.1. The maximum absolute atomic E-state index is 15.3. The minimum Gasteiger partial charge on any atom is -0.464 e. The summed E-state index contributed by atoms with van der Waals surface area (Å²) >= 11 is 1.41. The lowest BCUT2D eigenvalue weighted by molar-refractivity contribution is -0.152. The van der Waals surface area contributed by atoms with Gasteiger partial charge in [0.1, 0.15) is 17.9 Å². The Morgan fingerprint density at radius 3 is 2.66 bits per heavy atom. The first-order valence-electron chi connectivity index (χ1n) is 20.7. The van der Waals surface area contributed by atoms with E-state index >= 15 is 4.39 Å². The molecule has 0 unspecified atom stereocenters. The van der Waals surface area contributed by atoms with Crippen LogP contribution in [0.5, 0.6) is 0 Å². The Bertz CT molecular complexity index is 2300. The normalized spacial score (nSPS) is 24.4. The van der Waals surface area contributed by atoms with Gasteiger partial charge in [-0.3, -0.25) is 19.6 Å². The predicted octanol–water partition coefficient (Wildman–Crippen LogP) is 5.68. The zero-order chi connectivity index (χ0) is 41.7. The molecule has 4 aliphatic rings. The van der Waals surface area contributed by atoms with E-state index in [1.807, 2.05) is 25.4 Å². The second kappa shape index (κ2) is 16.4. The van der Waals surface area contributed by atoms with Gasteiger partial charge in [-0.2, -0.15) is 0 Å². The van der Waals surface area contributed by atoms with E-state index in [1.54, 1.807) is 7.11 Å². The van der Waals surface area contributed by atoms with Crippen LogP contribution in [0.2, 0.25) is 0 Å². The quantitative estimate of drug-likeness (QED) is 0.224. The zero-order valence-corrected chi connectivity index (χ0v) is 35.8. The number of cyclic esters (lactones) is 1. The van der Waals surface area contributed by atoms with Crippen LogP contribution in [0, 0.1) is 17.3 Å². The first-order chi connectivity index (χ1) is 28.2. The molecule has 1 aromatic carbocycles. The summed E-state index contributed by atoms with van der Waals surface area (Å²) in [5.41, 5.74) is 10.0. The number of hydrazine groups is 1. The molecule has 3 aliphatic heterocycles. The van der Waals surface area contributed by atoms with Crippen molar-refractivity contribution >= 4 is 45.7 Å². The number of halogens is 1. The van der Waals surface area contributed by atoms with Crippen LogP contribution in [0.3, 0.4) is 0 Å². The maximum Gasteiger partial charge on any atom is 0.329 e. The van der Waals surface area contributed by atoms with E-state index in [0.717, 1.165) is 94.0 Å². The van der Waals surface area contributed by atoms with Gasteiger partial charge in [0.25, 0.3) is 5.91 Å². The van der Waals surface area contributed by atoms with E-state index in [4.69, 9.17) is 19.4 Å². The van der Waals surface area contributed by atoms with E-state index in [2.05, 4.69) is 77.2 Å². The van der Waals surface area contributed by atoms with E-state index < -0.39 is 41.7 Å². The van der Waals surface area contributed by atoms with Gasteiger partial charge >= 0.3 is 5.97 Å². The number of amides is 2. The molecular formula is C44H55FN8O5S. The number of fused-ring (bicyclic) bond motifs is 6. The van der Waals surface area contributed by atoms with Crippen LogP contribution in [0.15, 0.2) is 47.7 Å².